The fourth-order valence-corrected chi connectivity index (χ4v) is 2.17. The lowest BCUT2D eigenvalue weighted by atomic mass is 10.0. The lowest BCUT2D eigenvalue weighted by molar-refractivity contribution is 0.450. The molecular weight excluding hydrogens is 330 g/mol. The van der Waals surface area contributed by atoms with E-state index in [0.717, 1.165) is 28.8 Å². The van der Waals surface area contributed by atoms with Crippen molar-refractivity contribution >= 4 is 21.9 Å². The van der Waals surface area contributed by atoms with E-state index in [9.17, 15) is 0 Å². The first kappa shape index (κ1) is 15.8. The minimum Gasteiger partial charge on any atom is -0.437 e. The molecule has 0 aliphatic rings. The van der Waals surface area contributed by atoms with Gasteiger partial charge in [-0.25, -0.2) is 4.98 Å². The molecule has 5 heteroatoms. The molecular formula is C16H20BrN3O. The molecule has 0 atom stereocenters. The summed E-state index contributed by atoms with van der Waals surface area (Å²) in [4.78, 5) is 8.64. The molecule has 0 fully saturated rings. The van der Waals surface area contributed by atoms with Crippen molar-refractivity contribution in [3.63, 3.8) is 0 Å². The molecule has 2 aromatic rings. The lowest BCUT2D eigenvalue weighted by Gasteiger charge is -2.14. The first-order valence-electron chi connectivity index (χ1n) is 7.15. The fraction of sp³-hybridized carbons (Fsp3) is 0.375. The highest BCUT2D eigenvalue weighted by Crippen LogP contribution is 2.33. The van der Waals surface area contributed by atoms with E-state index in [1.165, 1.54) is 0 Å². The maximum atomic E-state index is 5.98. The summed E-state index contributed by atoms with van der Waals surface area (Å²) >= 11 is 3.44. The van der Waals surface area contributed by atoms with E-state index in [1.807, 2.05) is 18.2 Å². The molecule has 21 heavy (non-hydrogen) atoms. The van der Waals surface area contributed by atoms with Crippen LogP contribution in [0.2, 0.25) is 0 Å². The van der Waals surface area contributed by atoms with Crippen LogP contribution in [0.25, 0.3) is 0 Å². The van der Waals surface area contributed by atoms with E-state index in [1.54, 1.807) is 6.20 Å². The van der Waals surface area contributed by atoms with E-state index < -0.39 is 0 Å². The van der Waals surface area contributed by atoms with Crippen LogP contribution in [-0.4, -0.2) is 16.5 Å². The number of anilines is 1. The van der Waals surface area contributed by atoms with Crippen molar-refractivity contribution in [1.82, 2.24) is 9.97 Å². The number of benzene rings is 1. The second-order valence-electron chi connectivity index (χ2n) is 5.07. The maximum Gasteiger partial charge on any atom is 0.238 e. The molecule has 2 rings (SSSR count). The first-order chi connectivity index (χ1) is 10.1. The van der Waals surface area contributed by atoms with Gasteiger partial charge in [0.15, 0.2) is 0 Å². The van der Waals surface area contributed by atoms with Crippen LogP contribution in [0.4, 0.5) is 5.95 Å². The van der Waals surface area contributed by atoms with Crippen molar-refractivity contribution in [2.75, 3.05) is 11.9 Å². The number of nitrogens with one attached hydrogen (secondary N) is 1. The molecule has 1 aromatic carbocycles. The average Bonchev–Trinajstić information content (AvgIpc) is 2.48. The van der Waals surface area contributed by atoms with Crippen LogP contribution in [-0.2, 0) is 0 Å². The van der Waals surface area contributed by atoms with Crippen LogP contribution < -0.4 is 10.1 Å². The zero-order chi connectivity index (χ0) is 15.2. The Morgan fingerprint density at radius 1 is 1.29 bits per heavy atom. The quantitative estimate of drug-likeness (QED) is 0.798. The molecule has 0 aliphatic carbocycles. The third-order valence-corrected chi connectivity index (χ3v) is 3.54. The predicted octanol–water partition coefficient (Wildman–Crippen LogP) is 4.98. The van der Waals surface area contributed by atoms with E-state index in [4.69, 9.17) is 4.74 Å². The summed E-state index contributed by atoms with van der Waals surface area (Å²) in [5.74, 6) is 2.32. The van der Waals surface area contributed by atoms with Crippen molar-refractivity contribution in [3.8, 4) is 11.6 Å². The third kappa shape index (κ3) is 4.17. The molecule has 1 heterocycles. The third-order valence-electron chi connectivity index (χ3n) is 2.99. The molecule has 0 aliphatic heterocycles. The van der Waals surface area contributed by atoms with E-state index in [0.29, 0.717) is 17.7 Å². The Morgan fingerprint density at radius 3 is 2.76 bits per heavy atom. The predicted molar refractivity (Wildman–Crippen MR) is 89.1 cm³/mol. The molecule has 0 saturated carbocycles. The topological polar surface area (TPSA) is 47.0 Å². The number of ether oxygens (including phenoxy) is 1. The maximum absolute atomic E-state index is 5.98. The van der Waals surface area contributed by atoms with Gasteiger partial charge < -0.3 is 10.1 Å². The Hall–Kier alpha value is -1.62. The average molecular weight is 350 g/mol. The highest BCUT2D eigenvalue weighted by molar-refractivity contribution is 9.10. The molecule has 1 N–H and O–H groups in total. The molecule has 4 nitrogen and oxygen atoms in total. The van der Waals surface area contributed by atoms with Crippen molar-refractivity contribution in [3.05, 3.63) is 40.5 Å². The monoisotopic (exact) mass is 349 g/mol. The lowest BCUT2D eigenvalue weighted by Crippen LogP contribution is -2.05. The van der Waals surface area contributed by atoms with Crippen LogP contribution >= 0.6 is 15.9 Å². The Balaban J connectivity index is 2.26. The summed E-state index contributed by atoms with van der Waals surface area (Å²) < 4.78 is 6.72. The number of hydrogen-bond acceptors (Lipinski definition) is 4. The van der Waals surface area contributed by atoms with E-state index >= 15 is 0 Å². The first-order valence-corrected chi connectivity index (χ1v) is 7.94. The van der Waals surface area contributed by atoms with Crippen LogP contribution in [0, 0.1) is 0 Å². The summed E-state index contributed by atoms with van der Waals surface area (Å²) in [7, 11) is 0. The van der Waals surface area contributed by atoms with Crippen LogP contribution in [0.5, 0.6) is 11.6 Å². The molecule has 0 amide bonds. The second-order valence-corrected chi connectivity index (χ2v) is 5.92. The van der Waals surface area contributed by atoms with Gasteiger partial charge in [-0.3, -0.25) is 0 Å². The summed E-state index contributed by atoms with van der Waals surface area (Å²) in [5, 5.41) is 3.16. The zero-order valence-corrected chi connectivity index (χ0v) is 14.1. The minimum absolute atomic E-state index is 0.388. The fourth-order valence-electron chi connectivity index (χ4n) is 1.90. The summed E-state index contributed by atoms with van der Waals surface area (Å²) in [6.07, 6.45) is 2.73. The summed E-state index contributed by atoms with van der Waals surface area (Å²) in [5.41, 5.74) is 1.16. The van der Waals surface area contributed by atoms with Gasteiger partial charge in [0.25, 0.3) is 0 Å². The molecule has 1 aromatic heterocycles. The molecule has 0 bridgehead atoms. The van der Waals surface area contributed by atoms with Gasteiger partial charge >= 0.3 is 0 Å². The van der Waals surface area contributed by atoms with Gasteiger partial charge in [-0.05, 0) is 39.9 Å². The smallest absolute Gasteiger partial charge is 0.238 e. The Bertz CT molecular complexity index is 602. The van der Waals surface area contributed by atoms with Crippen molar-refractivity contribution < 1.29 is 4.74 Å². The Kier molecular flexibility index (Phi) is 5.56. The molecule has 0 unspecified atom stereocenters. The van der Waals surface area contributed by atoms with Crippen LogP contribution in [0.1, 0.15) is 38.7 Å². The van der Waals surface area contributed by atoms with Crippen LogP contribution in [0.15, 0.2) is 34.9 Å². The number of aromatic nitrogens is 2. The van der Waals surface area contributed by atoms with Gasteiger partial charge in [0.1, 0.15) is 5.75 Å². The summed E-state index contributed by atoms with van der Waals surface area (Å²) in [6.45, 7) is 7.22. The van der Waals surface area contributed by atoms with Crippen LogP contribution in [0.3, 0.4) is 0 Å². The van der Waals surface area contributed by atoms with Gasteiger partial charge in [0.2, 0.25) is 11.8 Å². The molecule has 0 saturated heterocycles. The number of rotatable bonds is 6. The van der Waals surface area contributed by atoms with Crippen molar-refractivity contribution in [2.24, 2.45) is 0 Å². The number of halogens is 1. The Morgan fingerprint density at radius 2 is 2.05 bits per heavy atom. The second kappa shape index (κ2) is 7.41. The van der Waals surface area contributed by atoms with Gasteiger partial charge in [0.05, 0.1) is 10.7 Å². The van der Waals surface area contributed by atoms with Gasteiger partial charge in [-0.1, -0.05) is 39.0 Å². The molecule has 0 spiro atoms. The highest BCUT2D eigenvalue weighted by atomic mass is 79.9. The van der Waals surface area contributed by atoms with Gasteiger partial charge in [0, 0.05) is 6.54 Å². The van der Waals surface area contributed by atoms with E-state index in [-0.39, 0.29) is 0 Å². The number of para-hydroxylation sites is 1. The van der Waals surface area contributed by atoms with Gasteiger partial charge in [-0.2, -0.15) is 4.98 Å². The highest BCUT2D eigenvalue weighted by Gasteiger charge is 2.12. The van der Waals surface area contributed by atoms with Crippen molar-refractivity contribution in [1.29, 1.82) is 0 Å². The standard InChI is InChI=1S/C16H20BrN3O/c1-4-9-18-16-19-10-13(17)15(20-16)21-14-8-6-5-7-12(14)11(2)3/h5-8,10-11H,4,9H2,1-3H3,(H,18,19,20). The van der Waals surface area contributed by atoms with Crippen molar-refractivity contribution in [2.45, 2.75) is 33.1 Å². The van der Waals surface area contributed by atoms with Gasteiger partial charge in [-0.15, -0.1) is 0 Å². The normalized spacial score (nSPS) is 10.7. The zero-order valence-electron chi connectivity index (χ0n) is 12.6. The Labute approximate surface area is 134 Å². The minimum atomic E-state index is 0.388. The molecule has 112 valence electrons. The number of hydrogen-bond donors (Lipinski definition) is 1. The molecule has 0 radical (unpaired) electrons. The SMILES string of the molecule is CCCNc1ncc(Br)c(Oc2ccccc2C(C)C)n1. The summed E-state index contributed by atoms with van der Waals surface area (Å²) in [6, 6.07) is 8.02. The van der Waals surface area contributed by atoms with E-state index in [2.05, 4.69) is 58.1 Å². The number of nitrogens with zero attached hydrogens (tertiary/aromatic N) is 2. The largest absolute Gasteiger partial charge is 0.437 e.